The smallest absolute Gasteiger partial charge is 0.256 e. The number of hydrogen-bond donors (Lipinski definition) is 3. The van der Waals surface area contributed by atoms with Crippen LogP contribution in [0.4, 0.5) is 0 Å². The first kappa shape index (κ1) is 17.6. The molecule has 2 heterocycles. The highest BCUT2D eigenvalue weighted by atomic mass is 16.5. The number of aromatic hydroxyl groups is 1. The molecule has 1 aromatic heterocycles. The number of hydrogen-bond acceptors (Lipinski definition) is 5. The van der Waals surface area contributed by atoms with Gasteiger partial charge in [-0.1, -0.05) is 12.1 Å². The molecule has 1 aromatic carbocycles. The molecule has 1 aliphatic rings. The van der Waals surface area contributed by atoms with Gasteiger partial charge < -0.3 is 20.9 Å². The molecule has 0 bridgehead atoms. The molecule has 1 aliphatic heterocycles. The standard InChI is InChI=1S/C19H22N4O3/c1-12(2)23-14(8-10-22-23)18-13(5-4-9-21-18)11-26-16-7-3-6-15(24)17(16)19(20)25/h3-10,12,18,21,24H,11H2,1-2H3,(H2,20,25). The molecule has 4 N–H and O–H groups in total. The highest BCUT2D eigenvalue weighted by Gasteiger charge is 2.23. The van der Waals surface area contributed by atoms with Crippen LogP contribution in [-0.4, -0.2) is 27.4 Å². The van der Waals surface area contributed by atoms with Gasteiger partial charge in [0.2, 0.25) is 0 Å². The number of carbonyl (C=O) groups excluding carboxylic acids is 1. The molecule has 0 saturated carbocycles. The molecule has 0 spiro atoms. The van der Waals surface area contributed by atoms with Crippen LogP contribution in [0, 0.1) is 0 Å². The molecule has 0 saturated heterocycles. The summed E-state index contributed by atoms with van der Waals surface area (Å²) in [5.41, 5.74) is 7.32. The molecule has 0 aliphatic carbocycles. The number of nitrogens with two attached hydrogens (primary N) is 1. The Kier molecular flexibility index (Phi) is 4.97. The highest BCUT2D eigenvalue weighted by Crippen LogP contribution is 2.30. The summed E-state index contributed by atoms with van der Waals surface area (Å²) in [6.45, 7) is 4.37. The zero-order chi connectivity index (χ0) is 18.7. The number of primary amides is 1. The van der Waals surface area contributed by atoms with Crippen molar-refractivity contribution in [1.29, 1.82) is 0 Å². The molecule has 1 atom stereocenters. The molecule has 3 rings (SSSR count). The Hall–Kier alpha value is -3.22. The summed E-state index contributed by atoms with van der Waals surface area (Å²) in [5.74, 6) is -0.674. The van der Waals surface area contributed by atoms with Gasteiger partial charge in [0.15, 0.2) is 0 Å². The first-order chi connectivity index (χ1) is 12.5. The summed E-state index contributed by atoms with van der Waals surface area (Å²) in [6, 6.07) is 6.71. The van der Waals surface area contributed by atoms with Crippen molar-refractivity contribution in [3.05, 3.63) is 65.6 Å². The van der Waals surface area contributed by atoms with Gasteiger partial charge in [-0.2, -0.15) is 5.10 Å². The molecule has 26 heavy (non-hydrogen) atoms. The van der Waals surface area contributed by atoms with Crippen LogP contribution in [-0.2, 0) is 0 Å². The fourth-order valence-electron chi connectivity index (χ4n) is 2.97. The van der Waals surface area contributed by atoms with Crippen LogP contribution < -0.4 is 15.8 Å². The number of amides is 1. The zero-order valence-corrected chi connectivity index (χ0v) is 14.7. The van der Waals surface area contributed by atoms with E-state index in [-0.39, 0.29) is 35.8 Å². The second-order valence-corrected chi connectivity index (χ2v) is 6.30. The molecule has 7 heteroatoms. The fraction of sp³-hybridized carbons (Fsp3) is 0.263. The number of carbonyl (C=O) groups is 1. The summed E-state index contributed by atoms with van der Waals surface area (Å²) >= 11 is 0. The van der Waals surface area contributed by atoms with Gasteiger partial charge in [-0.25, -0.2) is 0 Å². The fourth-order valence-corrected chi connectivity index (χ4v) is 2.97. The van der Waals surface area contributed by atoms with Gasteiger partial charge in [-0.05, 0) is 49.9 Å². The maximum absolute atomic E-state index is 11.6. The Bertz CT molecular complexity index is 867. The van der Waals surface area contributed by atoms with E-state index in [9.17, 15) is 9.90 Å². The lowest BCUT2D eigenvalue weighted by Crippen LogP contribution is -2.27. The first-order valence-corrected chi connectivity index (χ1v) is 8.38. The maximum Gasteiger partial charge on any atom is 0.256 e. The van der Waals surface area contributed by atoms with Crippen LogP contribution >= 0.6 is 0 Å². The van der Waals surface area contributed by atoms with Crippen molar-refractivity contribution < 1.29 is 14.6 Å². The summed E-state index contributed by atoms with van der Waals surface area (Å²) in [7, 11) is 0. The number of allylic oxidation sites excluding steroid dienone is 2. The Morgan fingerprint density at radius 2 is 2.23 bits per heavy atom. The summed E-state index contributed by atoms with van der Waals surface area (Å²) in [4.78, 5) is 11.6. The molecule has 1 unspecified atom stereocenters. The monoisotopic (exact) mass is 354 g/mol. The van der Waals surface area contributed by atoms with Crippen molar-refractivity contribution in [2.45, 2.75) is 25.9 Å². The van der Waals surface area contributed by atoms with Crippen LogP contribution in [0.15, 0.2) is 54.4 Å². The minimum absolute atomic E-state index is 0.0174. The third-order valence-corrected chi connectivity index (χ3v) is 4.17. The van der Waals surface area contributed by atoms with E-state index in [4.69, 9.17) is 10.5 Å². The summed E-state index contributed by atoms with van der Waals surface area (Å²) in [6.07, 6.45) is 7.50. The van der Waals surface area contributed by atoms with Gasteiger partial charge in [-0.15, -0.1) is 0 Å². The average molecular weight is 354 g/mol. The van der Waals surface area contributed by atoms with Crippen molar-refractivity contribution in [3.8, 4) is 11.5 Å². The summed E-state index contributed by atoms with van der Waals surface area (Å²) < 4.78 is 7.77. The molecule has 7 nitrogen and oxygen atoms in total. The van der Waals surface area contributed by atoms with Gasteiger partial charge in [0.25, 0.3) is 5.91 Å². The Labute approximate surface area is 151 Å². The largest absolute Gasteiger partial charge is 0.507 e. The van der Waals surface area contributed by atoms with E-state index in [1.54, 1.807) is 18.3 Å². The van der Waals surface area contributed by atoms with Gasteiger partial charge in [0.1, 0.15) is 23.7 Å². The third-order valence-electron chi connectivity index (χ3n) is 4.17. The lowest BCUT2D eigenvalue weighted by molar-refractivity contribution is 0.0994. The number of ether oxygens (including phenoxy) is 1. The normalized spacial score (nSPS) is 16.3. The van der Waals surface area contributed by atoms with Gasteiger partial charge in [0.05, 0.1) is 11.7 Å². The van der Waals surface area contributed by atoms with Crippen LogP contribution in [0.3, 0.4) is 0 Å². The van der Waals surface area contributed by atoms with Crippen LogP contribution in [0.25, 0.3) is 0 Å². The van der Waals surface area contributed by atoms with Crippen molar-refractivity contribution in [2.75, 3.05) is 6.61 Å². The minimum Gasteiger partial charge on any atom is -0.507 e. The van der Waals surface area contributed by atoms with E-state index >= 15 is 0 Å². The second-order valence-electron chi connectivity index (χ2n) is 6.30. The lowest BCUT2D eigenvalue weighted by Gasteiger charge is -2.26. The number of aromatic nitrogens is 2. The molecular weight excluding hydrogens is 332 g/mol. The Balaban J connectivity index is 1.84. The van der Waals surface area contributed by atoms with E-state index in [2.05, 4.69) is 24.3 Å². The first-order valence-electron chi connectivity index (χ1n) is 8.38. The molecule has 0 fully saturated rings. The number of rotatable bonds is 6. The number of nitrogens with one attached hydrogen (secondary N) is 1. The summed E-state index contributed by atoms with van der Waals surface area (Å²) in [5, 5.41) is 17.6. The predicted molar refractivity (Wildman–Crippen MR) is 97.8 cm³/mol. The Morgan fingerprint density at radius 3 is 2.96 bits per heavy atom. The zero-order valence-electron chi connectivity index (χ0n) is 14.7. The third kappa shape index (κ3) is 3.42. The van der Waals surface area contributed by atoms with Crippen LogP contribution in [0.5, 0.6) is 11.5 Å². The van der Waals surface area contributed by atoms with Crippen molar-refractivity contribution in [1.82, 2.24) is 15.1 Å². The van der Waals surface area contributed by atoms with Crippen molar-refractivity contribution in [3.63, 3.8) is 0 Å². The van der Waals surface area contributed by atoms with Crippen molar-refractivity contribution >= 4 is 5.91 Å². The van der Waals surface area contributed by atoms with Gasteiger partial charge in [-0.3, -0.25) is 9.48 Å². The topological polar surface area (TPSA) is 102 Å². The second kappa shape index (κ2) is 7.35. The SMILES string of the molecule is CC(C)n1nccc1C1NC=CC=C1COc1cccc(O)c1C(N)=O. The van der Waals surface area contributed by atoms with Crippen LogP contribution in [0.2, 0.25) is 0 Å². The van der Waals surface area contributed by atoms with E-state index in [0.717, 1.165) is 11.3 Å². The molecular formula is C19H22N4O3. The average Bonchev–Trinajstić information content (AvgIpc) is 3.09. The Morgan fingerprint density at radius 1 is 1.42 bits per heavy atom. The van der Waals surface area contributed by atoms with E-state index in [1.165, 1.54) is 6.07 Å². The quantitative estimate of drug-likeness (QED) is 0.739. The molecule has 2 aromatic rings. The number of nitrogens with zero attached hydrogens (tertiary/aromatic N) is 2. The molecule has 1 amide bonds. The lowest BCUT2D eigenvalue weighted by atomic mass is 10.0. The van der Waals surface area contributed by atoms with Crippen molar-refractivity contribution in [2.24, 2.45) is 5.73 Å². The maximum atomic E-state index is 11.6. The van der Waals surface area contributed by atoms with Crippen LogP contribution in [0.1, 0.15) is 42.0 Å². The van der Waals surface area contributed by atoms with Gasteiger partial charge >= 0.3 is 0 Å². The molecule has 136 valence electrons. The van der Waals surface area contributed by atoms with E-state index in [1.807, 2.05) is 29.1 Å². The van der Waals surface area contributed by atoms with E-state index < -0.39 is 5.91 Å². The number of phenols is 1. The minimum atomic E-state index is -0.733. The number of benzene rings is 1. The van der Waals surface area contributed by atoms with Gasteiger partial charge in [0, 0.05) is 12.2 Å². The highest BCUT2D eigenvalue weighted by molar-refractivity contribution is 5.98. The van der Waals surface area contributed by atoms with E-state index in [0.29, 0.717) is 0 Å². The molecule has 0 radical (unpaired) electrons. The predicted octanol–water partition coefficient (Wildman–Crippen LogP) is 2.43. The number of dihydropyridines is 1.